The highest BCUT2D eigenvalue weighted by molar-refractivity contribution is 5.86. The molecule has 0 aromatic heterocycles. The number of rotatable bonds is 6. The third kappa shape index (κ3) is 7.48. The maximum Gasteiger partial charge on any atom is 0.417 e. The van der Waals surface area contributed by atoms with Gasteiger partial charge in [-0.15, -0.1) is 0 Å². The van der Waals surface area contributed by atoms with E-state index in [1.807, 2.05) is 0 Å². The van der Waals surface area contributed by atoms with Crippen LogP contribution in [-0.2, 0) is 11.0 Å². The van der Waals surface area contributed by atoms with Crippen LogP contribution in [0.1, 0.15) is 51.7 Å². The first-order valence-corrected chi connectivity index (χ1v) is 8.86. The number of anilines is 1. The van der Waals surface area contributed by atoms with E-state index >= 15 is 0 Å². The van der Waals surface area contributed by atoms with Crippen LogP contribution in [0.3, 0.4) is 0 Å². The van der Waals surface area contributed by atoms with E-state index in [0.717, 1.165) is 12.1 Å². The Morgan fingerprint density at radius 2 is 1.76 bits per heavy atom. The van der Waals surface area contributed by atoms with Crippen molar-refractivity contribution in [3.63, 3.8) is 0 Å². The smallest absolute Gasteiger partial charge is 0.350 e. The SMILES string of the molecule is CCCC(C(=O)NC(C)(C)C)N(CC(F)(F)F)c1ccc(C#N)c(C(F)(F)F)c1. The fourth-order valence-corrected chi connectivity index (χ4v) is 2.77. The average Bonchev–Trinajstić information content (AvgIpc) is 2.54. The molecule has 4 nitrogen and oxygen atoms in total. The van der Waals surface area contributed by atoms with Gasteiger partial charge in [0.15, 0.2) is 0 Å². The quantitative estimate of drug-likeness (QED) is 0.653. The second-order valence-electron chi connectivity index (χ2n) is 7.63. The molecule has 0 heterocycles. The Labute approximate surface area is 165 Å². The summed E-state index contributed by atoms with van der Waals surface area (Å²) in [6.45, 7) is 4.98. The molecule has 0 saturated heterocycles. The van der Waals surface area contributed by atoms with Gasteiger partial charge in [-0.3, -0.25) is 4.79 Å². The first-order chi connectivity index (χ1) is 13.1. The number of amides is 1. The van der Waals surface area contributed by atoms with Crippen molar-refractivity contribution >= 4 is 11.6 Å². The molecule has 0 aliphatic carbocycles. The van der Waals surface area contributed by atoms with Crippen LogP contribution in [0.2, 0.25) is 0 Å². The molecule has 0 fully saturated rings. The lowest BCUT2D eigenvalue weighted by Crippen LogP contribution is -2.54. The number of hydrogen-bond acceptors (Lipinski definition) is 3. The summed E-state index contributed by atoms with van der Waals surface area (Å²) in [5.41, 5.74) is -3.24. The topological polar surface area (TPSA) is 56.1 Å². The summed E-state index contributed by atoms with van der Waals surface area (Å²) in [4.78, 5) is 13.3. The standard InChI is InChI=1S/C19H23F6N3O/c1-5-6-15(16(29)27-17(2,3)4)28(11-18(20,21)22)13-8-7-12(10-26)14(9-13)19(23,24)25/h7-9,15H,5-6,11H2,1-4H3,(H,27,29). The second-order valence-corrected chi connectivity index (χ2v) is 7.63. The lowest BCUT2D eigenvalue weighted by Gasteiger charge is -2.35. The molecule has 1 atom stereocenters. The van der Waals surface area contributed by atoms with Gasteiger partial charge in [-0.05, 0) is 45.4 Å². The van der Waals surface area contributed by atoms with E-state index in [9.17, 15) is 31.1 Å². The van der Waals surface area contributed by atoms with Crippen molar-refractivity contribution in [2.75, 3.05) is 11.4 Å². The molecule has 0 radical (unpaired) electrons. The maximum atomic E-state index is 13.3. The number of halogens is 6. The van der Waals surface area contributed by atoms with E-state index in [4.69, 9.17) is 5.26 Å². The lowest BCUT2D eigenvalue weighted by atomic mass is 10.0. The van der Waals surface area contributed by atoms with E-state index in [1.165, 1.54) is 6.07 Å². The van der Waals surface area contributed by atoms with E-state index < -0.39 is 53.2 Å². The molecule has 1 amide bonds. The van der Waals surface area contributed by atoms with Crippen LogP contribution in [-0.4, -0.2) is 30.2 Å². The number of alkyl halides is 6. The Morgan fingerprint density at radius 1 is 1.17 bits per heavy atom. The highest BCUT2D eigenvalue weighted by Gasteiger charge is 2.39. The first-order valence-electron chi connectivity index (χ1n) is 8.86. The highest BCUT2D eigenvalue weighted by Crippen LogP contribution is 2.36. The minimum atomic E-state index is -4.93. The molecule has 1 aromatic rings. The molecule has 29 heavy (non-hydrogen) atoms. The predicted molar refractivity (Wildman–Crippen MR) is 96.2 cm³/mol. The molecule has 1 N–H and O–H groups in total. The van der Waals surface area contributed by atoms with Crippen LogP contribution in [0.15, 0.2) is 18.2 Å². The van der Waals surface area contributed by atoms with Gasteiger partial charge >= 0.3 is 12.4 Å². The van der Waals surface area contributed by atoms with Gasteiger partial charge in [-0.25, -0.2) is 0 Å². The molecular weight excluding hydrogens is 400 g/mol. The van der Waals surface area contributed by atoms with Crippen molar-refractivity contribution in [2.45, 2.75) is 64.5 Å². The fourth-order valence-electron chi connectivity index (χ4n) is 2.77. The third-order valence-electron chi connectivity index (χ3n) is 3.85. The third-order valence-corrected chi connectivity index (χ3v) is 3.85. The number of carbonyl (C=O) groups is 1. The highest BCUT2D eigenvalue weighted by atomic mass is 19.4. The van der Waals surface area contributed by atoms with Crippen molar-refractivity contribution in [1.82, 2.24) is 5.32 Å². The number of carbonyl (C=O) groups excluding carboxylic acids is 1. The molecule has 1 rings (SSSR count). The molecule has 0 aliphatic rings. The summed E-state index contributed by atoms with van der Waals surface area (Å²) in [7, 11) is 0. The number of hydrogen-bond donors (Lipinski definition) is 1. The van der Waals surface area contributed by atoms with E-state index in [1.54, 1.807) is 27.7 Å². The summed E-state index contributed by atoms with van der Waals surface area (Å²) in [6.07, 6.45) is -9.36. The number of benzene rings is 1. The zero-order chi connectivity index (χ0) is 22.6. The Kier molecular flexibility index (Phi) is 7.57. The van der Waals surface area contributed by atoms with Crippen molar-refractivity contribution in [3.8, 4) is 6.07 Å². The van der Waals surface area contributed by atoms with Crippen LogP contribution >= 0.6 is 0 Å². The molecule has 0 aliphatic heterocycles. The summed E-state index contributed by atoms with van der Waals surface area (Å²) in [6, 6.07) is 2.33. The van der Waals surface area contributed by atoms with Crippen molar-refractivity contribution in [2.24, 2.45) is 0 Å². The van der Waals surface area contributed by atoms with E-state index in [0.29, 0.717) is 17.4 Å². The van der Waals surface area contributed by atoms with Gasteiger partial charge in [0.25, 0.3) is 0 Å². The van der Waals surface area contributed by atoms with Crippen LogP contribution in [0.25, 0.3) is 0 Å². The number of nitrogens with zero attached hydrogens (tertiary/aromatic N) is 2. The molecular formula is C19H23F6N3O. The van der Waals surface area contributed by atoms with Gasteiger partial charge < -0.3 is 10.2 Å². The Morgan fingerprint density at radius 3 is 2.17 bits per heavy atom. The molecule has 1 aromatic carbocycles. The normalized spacial score (nSPS) is 13.6. The van der Waals surface area contributed by atoms with Gasteiger partial charge in [-0.2, -0.15) is 31.6 Å². The molecule has 1 unspecified atom stereocenters. The summed E-state index contributed by atoms with van der Waals surface area (Å²) >= 11 is 0. The van der Waals surface area contributed by atoms with E-state index in [-0.39, 0.29) is 6.42 Å². The Bertz CT molecular complexity index is 759. The van der Waals surface area contributed by atoms with Crippen molar-refractivity contribution < 1.29 is 31.1 Å². The summed E-state index contributed by atoms with van der Waals surface area (Å²) < 4.78 is 79.5. The molecule has 162 valence electrons. The second kappa shape index (κ2) is 8.93. The molecule has 0 bridgehead atoms. The fraction of sp³-hybridized carbons (Fsp3) is 0.579. The minimum Gasteiger partial charge on any atom is -0.350 e. The monoisotopic (exact) mass is 423 g/mol. The van der Waals surface area contributed by atoms with Gasteiger partial charge in [-0.1, -0.05) is 13.3 Å². The first kappa shape index (κ1) is 24.6. The number of nitrogens with one attached hydrogen (secondary N) is 1. The zero-order valence-electron chi connectivity index (χ0n) is 16.5. The minimum absolute atomic E-state index is 0.000649. The zero-order valence-corrected chi connectivity index (χ0v) is 16.5. The summed E-state index contributed by atoms with van der Waals surface area (Å²) in [5, 5.41) is 11.5. The van der Waals surface area contributed by atoms with Crippen LogP contribution < -0.4 is 10.2 Å². The number of nitriles is 1. The lowest BCUT2D eigenvalue weighted by molar-refractivity contribution is -0.137. The van der Waals surface area contributed by atoms with Crippen LogP contribution in [0.5, 0.6) is 0 Å². The average molecular weight is 423 g/mol. The van der Waals surface area contributed by atoms with Crippen LogP contribution in [0.4, 0.5) is 32.0 Å². The molecule has 0 saturated carbocycles. The Hall–Kier alpha value is -2.44. The van der Waals surface area contributed by atoms with Crippen LogP contribution in [0, 0.1) is 11.3 Å². The maximum absolute atomic E-state index is 13.3. The largest absolute Gasteiger partial charge is 0.417 e. The van der Waals surface area contributed by atoms with Gasteiger partial charge in [0.2, 0.25) is 5.91 Å². The van der Waals surface area contributed by atoms with E-state index in [2.05, 4.69) is 5.32 Å². The van der Waals surface area contributed by atoms with Gasteiger partial charge in [0.1, 0.15) is 12.6 Å². The Balaban J connectivity index is 3.54. The predicted octanol–water partition coefficient (Wildman–Crippen LogP) is 5.03. The van der Waals surface area contributed by atoms with Crippen molar-refractivity contribution in [1.29, 1.82) is 5.26 Å². The molecule has 10 heteroatoms. The molecule has 0 spiro atoms. The van der Waals surface area contributed by atoms with Gasteiger partial charge in [0.05, 0.1) is 17.2 Å². The summed E-state index contributed by atoms with van der Waals surface area (Å²) in [5.74, 6) is -0.721. The van der Waals surface area contributed by atoms with Crippen molar-refractivity contribution in [3.05, 3.63) is 29.3 Å². The van der Waals surface area contributed by atoms with Gasteiger partial charge in [0, 0.05) is 11.2 Å².